The fourth-order valence-electron chi connectivity index (χ4n) is 2.31. The third kappa shape index (κ3) is 2.51. The zero-order chi connectivity index (χ0) is 16.6. The number of benzene rings is 1. The molecule has 0 saturated carbocycles. The van der Waals surface area contributed by atoms with Crippen molar-refractivity contribution < 1.29 is 0 Å². The van der Waals surface area contributed by atoms with Crippen molar-refractivity contribution in [2.24, 2.45) is 14.1 Å². The van der Waals surface area contributed by atoms with Crippen LogP contribution < -0.4 is 16.6 Å². The molecule has 7 nitrogen and oxygen atoms in total. The van der Waals surface area contributed by atoms with Gasteiger partial charge in [0.05, 0.1) is 16.8 Å². The summed E-state index contributed by atoms with van der Waals surface area (Å²) in [5.41, 5.74) is -0.286. The molecule has 3 aromatic rings. The minimum absolute atomic E-state index is 0.0873. The topological polar surface area (TPSA) is 92.7 Å². The Kier molecular flexibility index (Phi) is 3.72. The maximum atomic E-state index is 12.0. The number of aromatic nitrogens is 3. The van der Waals surface area contributed by atoms with Gasteiger partial charge in [-0.15, -0.1) is 11.3 Å². The summed E-state index contributed by atoms with van der Waals surface area (Å²) in [5, 5.41) is 13.0. The average molecular weight is 327 g/mol. The first-order chi connectivity index (χ1) is 11.0. The first-order valence-electron chi connectivity index (χ1n) is 6.81. The summed E-state index contributed by atoms with van der Waals surface area (Å²) in [5.74, 6) is 0.208. The molecule has 0 saturated heterocycles. The van der Waals surface area contributed by atoms with Crippen LogP contribution in [0.15, 0.2) is 33.9 Å². The van der Waals surface area contributed by atoms with E-state index in [-0.39, 0.29) is 11.4 Å². The lowest BCUT2D eigenvalue weighted by atomic mass is 10.3. The second-order valence-corrected chi connectivity index (χ2v) is 6.09. The number of para-hydroxylation sites is 1. The number of nitrogens with one attached hydrogen (secondary N) is 1. The summed E-state index contributed by atoms with van der Waals surface area (Å²) in [4.78, 5) is 28.5. The Balaban J connectivity index is 1.99. The van der Waals surface area contributed by atoms with Gasteiger partial charge < -0.3 is 5.32 Å². The second-order valence-electron chi connectivity index (χ2n) is 4.97. The highest BCUT2D eigenvalue weighted by Gasteiger charge is 2.15. The predicted molar refractivity (Wildman–Crippen MR) is 88.6 cm³/mol. The molecule has 0 aliphatic carbocycles. The number of hydrogen-bond acceptors (Lipinski definition) is 6. The van der Waals surface area contributed by atoms with Gasteiger partial charge in [0, 0.05) is 14.1 Å². The minimum Gasteiger partial charge on any atom is -0.364 e. The normalized spacial score (nSPS) is 10.7. The number of nitrogens with zero attached hydrogens (tertiary/aromatic N) is 4. The van der Waals surface area contributed by atoms with E-state index in [0.29, 0.717) is 6.54 Å². The van der Waals surface area contributed by atoms with E-state index < -0.39 is 11.2 Å². The van der Waals surface area contributed by atoms with Crippen LogP contribution in [0.25, 0.3) is 10.2 Å². The van der Waals surface area contributed by atoms with Gasteiger partial charge in [-0.25, -0.2) is 9.78 Å². The summed E-state index contributed by atoms with van der Waals surface area (Å²) in [7, 11) is 2.87. The molecular weight excluding hydrogens is 314 g/mol. The largest absolute Gasteiger partial charge is 0.364 e. The van der Waals surface area contributed by atoms with Gasteiger partial charge >= 0.3 is 5.69 Å². The van der Waals surface area contributed by atoms with Gasteiger partial charge in [0.2, 0.25) is 0 Å². The standard InChI is InChI=1S/C15H13N5O2S/c1-19-13(9(7-16)14(21)20(2)15(19)22)17-8-12-18-10-5-3-4-6-11(10)23-12/h3-6,17H,8H2,1-2H3. The molecule has 3 rings (SSSR count). The van der Waals surface area contributed by atoms with E-state index in [0.717, 1.165) is 19.8 Å². The van der Waals surface area contributed by atoms with Gasteiger partial charge in [-0.2, -0.15) is 5.26 Å². The van der Waals surface area contributed by atoms with Crippen LogP contribution in [0.3, 0.4) is 0 Å². The van der Waals surface area contributed by atoms with Crippen LogP contribution in [-0.2, 0) is 20.6 Å². The number of anilines is 1. The Labute approximate surface area is 135 Å². The quantitative estimate of drug-likeness (QED) is 0.780. The van der Waals surface area contributed by atoms with Crippen molar-refractivity contribution in [1.82, 2.24) is 14.1 Å². The van der Waals surface area contributed by atoms with Crippen LogP contribution in [0.4, 0.5) is 5.82 Å². The smallest absolute Gasteiger partial charge is 0.332 e. The molecule has 0 aliphatic heterocycles. The Bertz CT molecular complexity index is 1020. The highest BCUT2D eigenvalue weighted by Crippen LogP contribution is 2.22. The van der Waals surface area contributed by atoms with Crippen molar-refractivity contribution >= 4 is 27.4 Å². The third-order valence-electron chi connectivity index (χ3n) is 3.52. The van der Waals surface area contributed by atoms with E-state index in [1.165, 1.54) is 30.0 Å². The van der Waals surface area contributed by atoms with Gasteiger partial charge in [0.25, 0.3) is 5.56 Å². The van der Waals surface area contributed by atoms with Crippen molar-refractivity contribution in [3.63, 3.8) is 0 Å². The number of hydrogen-bond donors (Lipinski definition) is 1. The first-order valence-corrected chi connectivity index (χ1v) is 7.63. The van der Waals surface area contributed by atoms with Crippen molar-refractivity contribution in [2.45, 2.75) is 6.54 Å². The molecule has 116 valence electrons. The number of thiazole rings is 1. The maximum Gasteiger partial charge on any atom is 0.332 e. The van der Waals surface area contributed by atoms with E-state index in [2.05, 4.69) is 10.3 Å². The third-order valence-corrected chi connectivity index (χ3v) is 4.56. The molecule has 0 atom stereocenters. The van der Waals surface area contributed by atoms with Crippen LogP contribution >= 0.6 is 11.3 Å². The zero-order valence-corrected chi connectivity index (χ0v) is 13.3. The van der Waals surface area contributed by atoms with Crippen molar-refractivity contribution in [3.8, 4) is 6.07 Å². The lowest BCUT2D eigenvalue weighted by molar-refractivity contribution is 0.685. The molecule has 2 aromatic heterocycles. The summed E-state index contributed by atoms with van der Waals surface area (Å²) < 4.78 is 3.23. The summed E-state index contributed by atoms with van der Waals surface area (Å²) in [6.07, 6.45) is 0. The Morgan fingerprint density at radius 2 is 2.00 bits per heavy atom. The fraction of sp³-hybridized carbons (Fsp3) is 0.200. The first kappa shape index (κ1) is 15.0. The van der Waals surface area contributed by atoms with Gasteiger partial charge in [-0.1, -0.05) is 12.1 Å². The highest BCUT2D eigenvalue weighted by atomic mass is 32.1. The van der Waals surface area contributed by atoms with Crippen LogP contribution in [0.1, 0.15) is 10.6 Å². The summed E-state index contributed by atoms with van der Waals surface area (Å²) in [6, 6.07) is 9.62. The molecule has 0 spiro atoms. The highest BCUT2D eigenvalue weighted by molar-refractivity contribution is 7.18. The molecule has 0 radical (unpaired) electrons. The molecule has 23 heavy (non-hydrogen) atoms. The maximum absolute atomic E-state index is 12.0. The summed E-state index contributed by atoms with van der Waals surface area (Å²) in [6.45, 7) is 0.328. The minimum atomic E-state index is -0.609. The number of rotatable bonds is 3. The van der Waals surface area contributed by atoms with E-state index >= 15 is 0 Å². The molecule has 1 aromatic carbocycles. The van der Waals surface area contributed by atoms with Gasteiger partial charge in [0.15, 0.2) is 5.56 Å². The Hall–Kier alpha value is -2.92. The zero-order valence-electron chi connectivity index (χ0n) is 12.5. The van der Waals surface area contributed by atoms with Crippen molar-refractivity contribution in [2.75, 3.05) is 5.32 Å². The van der Waals surface area contributed by atoms with Crippen LogP contribution in [0, 0.1) is 11.3 Å². The molecule has 0 bridgehead atoms. The van der Waals surface area contributed by atoms with E-state index in [1.807, 2.05) is 30.3 Å². The lowest BCUT2D eigenvalue weighted by Gasteiger charge is -2.12. The molecular formula is C15H13N5O2S. The molecule has 0 amide bonds. The predicted octanol–water partition coefficient (Wildman–Crippen LogP) is 1.18. The summed E-state index contributed by atoms with van der Waals surface area (Å²) >= 11 is 1.52. The van der Waals surface area contributed by atoms with E-state index in [4.69, 9.17) is 0 Å². The Morgan fingerprint density at radius 1 is 1.26 bits per heavy atom. The molecule has 0 fully saturated rings. The molecule has 2 heterocycles. The van der Waals surface area contributed by atoms with Gasteiger partial charge in [0.1, 0.15) is 16.9 Å². The molecule has 0 unspecified atom stereocenters. The van der Waals surface area contributed by atoms with Crippen LogP contribution in [0.2, 0.25) is 0 Å². The van der Waals surface area contributed by atoms with Crippen LogP contribution in [0.5, 0.6) is 0 Å². The van der Waals surface area contributed by atoms with E-state index in [9.17, 15) is 14.9 Å². The molecule has 1 N–H and O–H groups in total. The lowest BCUT2D eigenvalue weighted by Crippen LogP contribution is -2.39. The second kappa shape index (κ2) is 5.70. The molecule has 0 aliphatic rings. The molecule has 8 heteroatoms. The van der Waals surface area contributed by atoms with Crippen molar-refractivity contribution in [3.05, 3.63) is 55.7 Å². The van der Waals surface area contributed by atoms with Gasteiger partial charge in [-0.3, -0.25) is 13.9 Å². The number of fused-ring (bicyclic) bond motifs is 1. The fourth-order valence-corrected chi connectivity index (χ4v) is 3.21. The van der Waals surface area contributed by atoms with Crippen LogP contribution in [-0.4, -0.2) is 14.1 Å². The Morgan fingerprint density at radius 3 is 2.70 bits per heavy atom. The van der Waals surface area contributed by atoms with Crippen molar-refractivity contribution in [1.29, 1.82) is 5.26 Å². The SMILES string of the molecule is Cn1c(NCc2nc3ccccc3s2)c(C#N)c(=O)n(C)c1=O. The average Bonchev–Trinajstić information content (AvgIpc) is 2.97. The monoisotopic (exact) mass is 327 g/mol. The van der Waals surface area contributed by atoms with Gasteiger partial charge in [-0.05, 0) is 12.1 Å². The number of nitriles is 1. The van der Waals surface area contributed by atoms with E-state index in [1.54, 1.807) is 0 Å².